The molecule has 1 saturated heterocycles. The van der Waals surface area contributed by atoms with Crippen LogP contribution in [0.2, 0.25) is 0 Å². The topological polar surface area (TPSA) is 54.5 Å². The molecule has 2 heterocycles. The van der Waals surface area contributed by atoms with E-state index in [9.17, 15) is 4.79 Å². The molecule has 1 aromatic heterocycles. The summed E-state index contributed by atoms with van der Waals surface area (Å²) in [4.78, 5) is 18.8. The number of likely N-dealkylation sites (tertiary alicyclic amines) is 1. The van der Waals surface area contributed by atoms with Gasteiger partial charge in [-0.1, -0.05) is 6.07 Å². The molecule has 0 radical (unpaired) electrons. The molecule has 1 spiro atoms. The van der Waals surface area contributed by atoms with Crippen molar-refractivity contribution in [2.45, 2.75) is 71.6 Å². The highest BCUT2D eigenvalue weighted by Gasteiger charge is 2.56. The number of aryl methyl sites for hydroxylation is 2. The number of carbonyl (C=O) groups excluding carboxylic acids is 1. The smallest absolute Gasteiger partial charge is 0.410 e. The van der Waals surface area contributed by atoms with Crippen molar-refractivity contribution in [1.29, 1.82) is 0 Å². The van der Waals surface area contributed by atoms with Gasteiger partial charge in [0.25, 0.3) is 0 Å². The normalized spacial score (nSPS) is 25.5. The van der Waals surface area contributed by atoms with Gasteiger partial charge in [0.05, 0.1) is 5.69 Å². The van der Waals surface area contributed by atoms with Crippen LogP contribution >= 0.6 is 0 Å². The number of pyridine rings is 1. The lowest BCUT2D eigenvalue weighted by atomic mass is 9.61. The Hall–Kier alpha value is -1.62. The number of rotatable bonds is 4. The van der Waals surface area contributed by atoms with Crippen LogP contribution in [0.5, 0.6) is 0 Å². The van der Waals surface area contributed by atoms with E-state index >= 15 is 0 Å². The van der Waals surface area contributed by atoms with Crippen molar-refractivity contribution in [1.82, 2.24) is 15.2 Å². The molecule has 1 N–H and O–H groups in total. The molecule has 1 aliphatic heterocycles. The lowest BCUT2D eigenvalue weighted by molar-refractivity contribution is -0.102. The second kappa shape index (κ2) is 6.60. The first kappa shape index (κ1) is 18.2. The van der Waals surface area contributed by atoms with Crippen LogP contribution < -0.4 is 5.32 Å². The first-order valence-corrected chi connectivity index (χ1v) is 9.33. The van der Waals surface area contributed by atoms with Crippen LogP contribution in [-0.2, 0) is 11.3 Å². The Labute approximate surface area is 151 Å². The minimum absolute atomic E-state index is 0.0768. The molecule has 1 aromatic rings. The molecule has 138 valence electrons. The van der Waals surface area contributed by atoms with E-state index in [1.54, 1.807) is 0 Å². The van der Waals surface area contributed by atoms with E-state index in [0.29, 0.717) is 5.92 Å². The van der Waals surface area contributed by atoms with Gasteiger partial charge in [-0.15, -0.1) is 0 Å². The Morgan fingerprint density at radius 1 is 1.36 bits per heavy atom. The number of carbonyl (C=O) groups is 1. The maximum absolute atomic E-state index is 12.3. The Kier molecular flexibility index (Phi) is 4.80. The van der Waals surface area contributed by atoms with Crippen molar-refractivity contribution >= 4 is 6.09 Å². The molecular formula is C20H31N3O2. The van der Waals surface area contributed by atoms with Gasteiger partial charge >= 0.3 is 6.09 Å². The number of amides is 1. The van der Waals surface area contributed by atoms with Crippen molar-refractivity contribution in [2.75, 3.05) is 13.1 Å². The highest BCUT2D eigenvalue weighted by Crippen LogP contribution is 2.50. The van der Waals surface area contributed by atoms with Gasteiger partial charge in [-0.2, -0.15) is 0 Å². The average molecular weight is 345 g/mol. The second-order valence-corrected chi connectivity index (χ2v) is 8.72. The Morgan fingerprint density at radius 3 is 2.64 bits per heavy atom. The summed E-state index contributed by atoms with van der Waals surface area (Å²) in [6.07, 6.45) is 3.13. The largest absolute Gasteiger partial charge is 0.444 e. The van der Waals surface area contributed by atoms with Crippen molar-refractivity contribution in [3.8, 4) is 0 Å². The third-order valence-corrected chi connectivity index (χ3v) is 5.47. The molecule has 5 nitrogen and oxygen atoms in total. The minimum Gasteiger partial charge on any atom is -0.444 e. The van der Waals surface area contributed by atoms with Gasteiger partial charge in [0, 0.05) is 24.3 Å². The van der Waals surface area contributed by atoms with E-state index in [1.807, 2.05) is 25.7 Å². The number of hydrogen-bond acceptors (Lipinski definition) is 4. The van der Waals surface area contributed by atoms with Crippen molar-refractivity contribution in [2.24, 2.45) is 5.92 Å². The van der Waals surface area contributed by atoms with Crippen LogP contribution in [0, 0.1) is 19.8 Å². The van der Waals surface area contributed by atoms with E-state index in [4.69, 9.17) is 4.74 Å². The fourth-order valence-electron chi connectivity index (χ4n) is 3.91. The van der Waals surface area contributed by atoms with E-state index < -0.39 is 5.60 Å². The third-order valence-electron chi connectivity index (χ3n) is 5.47. The van der Waals surface area contributed by atoms with Gasteiger partial charge < -0.3 is 15.0 Å². The average Bonchev–Trinajstić information content (AvgIpc) is 2.41. The van der Waals surface area contributed by atoms with Gasteiger partial charge in [-0.25, -0.2) is 4.79 Å². The molecule has 0 atom stereocenters. The number of hydrogen-bond donors (Lipinski definition) is 1. The van der Waals surface area contributed by atoms with Gasteiger partial charge in [0.1, 0.15) is 5.60 Å². The Morgan fingerprint density at radius 2 is 2.08 bits per heavy atom. The molecule has 25 heavy (non-hydrogen) atoms. The first-order valence-electron chi connectivity index (χ1n) is 9.33. The van der Waals surface area contributed by atoms with E-state index in [-0.39, 0.29) is 11.6 Å². The summed E-state index contributed by atoms with van der Waals surface area (Å²) in [5, 5.41) is 3.52. The lowest BCUT2D eigenvalue weighted by Crippen LogP contribution is -2.69. The maximum Gasteiger partial charge on any atom is 0.410 e. The number of nitrogens with zero attached hydrogens (tertiary/aromatic N) is 2. The molecule has 5 heteroatoms. The molecular weight excluding hydrogens is 314 g/mol. The van der Waals surface area contributed by atoms with Crippen LogP contribution in [0.3, 0.4) is 0 Å². The van der Waals surface area contributed by atoms with E-state index in [2.05, 4.69) is 36.3 Å². The van der Waals surface area contributed by atoms with Gasteiger partial charge in [-0.3, -0.25) is 4.98 Å². The fraction of sp³-hybridized carbons (Fsp3) is 0.700. The Balaban J connectivity index is 1.42. The van der Waals surface area contributed by atoms with E-state index in [0.717, 1.165) is 50.3 Å². The monoisotopic (exact) mass is 345 g/mol. The van der Waals surface area contributed by atoms with Gasteiger partial charge in [0.2, 0.25) is 0 Å². The molecule has 2 fully saturated rings. The van der Waals surface area contributed by atoms with Crippen LogP contribution in [0.4, 0.5) is 4.79 Å². The summed E-state index contributed by atoms with van der Waals surface area (Å²) in [5.74, 6) is 0.636. The molecule has 1 saturated carbocycles. The molecule has 0 aromatic carbocycles. The summed E-state index contributed by atoms with van der Waals surface area (Å²) < 4.78 is 5.53. The van der Waals surface area contributed by atoms with Crippen molar-refractivity contribution in [3.05, 3.63) is 29.1 Å². The fourth-order valence-corrected chi connectivity index (χ4v) is 3.91. The van der Waals surface area contributed by atoms with Crippen LogP contribution in [0.1, 0.15) is 57.0 Å². The van der Waals surface area contributed by atoms with Gasteiger partial charge in [0.15, 0.2) is 0 Å². The predicted octanol–water partition coefficient (Wildman–Crippen LogP) is 3.58. The van der Waals surface area contributed by atoms with Crippen LogP contribution in [0.15, 0.2) is 12.1 Å². The van der Waals surface area contributed by atoms with Crippen LogP contribution in [0.25, 0.3) is 0 Å². The predicted molar refractivity (Wildman–Crippen MR) is 98.4 cm³/mol. The maximum atomic E-state index is 12.3. The summed E-state index contributed by atoms with van der Waals surface area (Å²) >= 11 is 0. The van der Waals surface area contributed by atoms with Crippen molar-refractivity contribution < 1.29 is 9.53 Å². The number of nitrogens with one attached hydrogen (secondary N) is 1. The SMILES string of the molecule is Cc1ccc(CNCC2CC3(CCN3C(=O)OC(C)(C)C)C2)nc1C. The molecule has 0 bridgehead atoms. The zero-order valence-corrected chi connectivity index (χ0v) is 16.2. The molecule has 1 aliphatic carbocycles. The molecule has 3 rings (SSSR count). The zero-order valence-electron chi connectivity index (χ0n) is 16.2. The molecule has 2 aliphatic rings. The minimum atomic E-state index is -0.419. The summed E-state index contributed by atoms with van der Waals surface area (Å²) in [5.41, 5.74) is 3.09. The standard InChI is InChI=1S/C20H31N3O2/c1-14-6-7-17(22-15(14)2)13-21-12-16-10-20(11-16)8-9-23(20)18(24)25-19(3,4)5/h6-7,16,21H,8-13H2,1-5H3. The second-order valence-electron chi connectivity index (χ2n) is 8.72. The molecule has 1 amide bonds. The van der Waals surface area contributed by atoms with Crippen molar-refractivity contribution in [3.63, 3.8) is 0 Å². The zero-order chi connectivity index (χ0) is 18.2. The summed E-state index contributed by atoms with van der Waals surface area (Å²) in [7, 11) is 0. The highest BCUT2D eigenvalue weighted by molar-refractivity contribution is 5.70. The molecule has 0 unspecified atom stereocenters. The first-order chi connectivity index (χ1) is 11.7. The van der Waals surface area contributed by atoms with E-state index in [1.165, 1.54) is 5.56 Å². The number of ether oxygens (including phenoxy) is 1. The quantitative estimate of drug-likeness (QED) is 0.906. The Bertz CT molecular complexity index is 645. The number of aromatic nitrogens is 1. The third kappa shape index (κ3) is 3.97. The van der Waals surface area contributed by atoms with Gasteiger partial charge in [-0.05, 0) is 78.0 Å². The lowest BCUT2D eigenvalue weighted by Gasteiger charge is -2.61. The highest BCUT2D eigenvalue weighted by atomic mass is 16.6. The summed E-state index contributed by atoms with van der Waals surface area (Å²) in [6.45, 7) is 12.5. The summed E-state index contributed by atoms with van der Waals surface area (Å²) in [6, 6.07) is 4.22. The van der Waals surface area contributed by atoms with Crippen LogP contribution in [-0.4, -0.2) is 40.2 Å².